The first kappa shape index (κ1) is 16.0. The van der Waals surface area contributed by atoms with Gasteiger partial charge < -0.3 is 15.0 Å². The molecule has 1 unspecified atom stereocenters. The van der Waals surface area contributed by atoms with Gasteiger partial charge >= 0.3 is 0 Å². The lowest BCUT2D eigenvalue weighted by atomic mass is 10.1. The molecule has 0 aromatic carbocycles. The Kier molecular flexibility index (Phi) is 6.23. The lowest BCUT2D eigenvalue weighted by Crippen LogP contribution is -2.40. The summed E-state index contributed by atoms with van der Waals surface area (Å²) >= 11 is 0. The van der Waals surface area contributed by atoms with Crippen LogP contribution in [0.1, 0.15) is 40.0 Å². The number of rotatable bonds is 8. The molecule has 1 aromatic rings. The third-order valence-corrected chi connectivity index (χ3v) is 3.54. The monoisotopic (exact) mass is 292 g/mol. The van der Waals surface area contributed by atoms with Crippen molar-refractivity contribution in [2.45, 2.75) is 46.1 Å². The number of ether oxygens (including phenoxy) is 1. The summed E-state index contributed by atoms with van der Waals surface area (Å²) in [6.45, 7) is 10.3. The van der Waals surface area contributed by atoms with Crippen LogP contribution in [-0.4, -0.2) is 42.3 Å². The summed E-state index contributed by atoms with van der Waals surface area (Å²) in [6, 6.07) is 2.38. The molecule has 0 amide bonds. The van der Waals surface area contributed by atoms with E-state index in [4.69, 9.17) is 4.74 Å². The molecule has 1 fully saturated rings. The predicted molar refractivity (Wildman–Crippen MR) is 85.9 cm³/mol. The van der Waals surface area contributed by atoms with Crippen molar-refractivity contribution in [3.63, 3.8) is 0 Å². The second kappa shape index (κ2) is 8.17. The van der Waals surface area contributed by atoms with E-state index < -0.39 is 0 Å². The number of aromatic nitrogens is 2. The molecule has 1 atom stereocenters. The normalized spacial score (nSPS) is 18.2. The minimum absolute atomic E-state index is 0.549. The van der Waals surface area contributed by atoms with Gasteiger partial charge in [0, 0.05) is 31.4 Å². The molecular weight excluding hydrogens is 264 g/mol. The Morgan fingerprint density at radius 2 is 2.33 bits per heavy atom. The van der Waals surface area contributed by atoms with Gasteiger partial charge in [0.2, 0.25) is 11.8 Å². The average Bonchev–Trinajstić information content (AvgIpc) is 2.97. The van der Waals surface area contributed by atoms with Gasteiger partial charge in [0.1, 0.15) is 0 Å². The van der Waals surface area contributed by atoms with Crippen LogP contribution in [0.5, 0.6) is 5.88 Å². The van der Waals surface area contributed by atoms with Gasteiger partial charge in [-0.05, 0) is 31.7 Å². The van der Waals surface area contributed by atoms with Crippen molar-refractivity contribution in [2.75, 3.05) is 31.1 Å². The van der Waals surface area contributed by atoms with Crippen LogP contribution in [-0.2, 0) is 0 Å². The zero-order valence-electron chi connectivity index (χ0n) is 13.5. The van der Waals surface area contributed by atoms with Crippen LogP contribution < -0.4 is 15.0 Å². The molecule has 21 heavy (non-hydrogen) atoms. The highest BCUT2D eigenvalue weighted by Crippen LogP contribution is 2.17. The molecule has 0 spiro atoms. The molecule has 1 N–H and O–H groups in total. The van der Waals surface area contributed by atoms with Crippen molar-refractivity contribution in [2.24, 2.45) is 5.92 Å². The van der Waals surface area contributed by atoms with Crippen LogP contribution in [0.15, 0.2) is 12.3 Å². The highest BCUT2D eigenvalue weighted by molar-refractivity contribution is 5.32. The molecule has 1 aromatic heterocycles. The lowest BCUT2D eigenvalue weighted by Gasteiger charge is -2.27. The van der Waals surface area contributed by atoms with Crippen molar-refractivity contribution >= 4 is 5.95 Å². The van der Waals surface area contributed by atoms with Gasteiger partial charge in [0.05, 0.1) is 6.61 Å². The van der Waals surface area contributed by atoms with E-state index in [-0.39, 0.29) is 0 Å². The number of nitrogens with one attached hydrogen (secondary N) is 1. The molecule has 2 heterocycles. The van der Waals surface area contributed by atoms with Crippen LogP contribution >= 0.6 is 0 Å². The summed E-state index contributed by atoms with van der Waals surface area (Å²) in [5, 5.41) is 3.55. The first-order valence-corrected chi connectivity index (χ1v) is 8.13. The fourth-order valence-corrected chi connectivity index (χ4v) is 2.63. The average molecular weight is 292 g/mol. The summed E-state index contributed by atoms with van der Waals surface area (Å²) in [7, 11) is 0. The predicted octanol–water partition coefficient (Wildman–Crippen LogP) is 2.48. The Bertz CT molecular complexity index is 418. The Hall–Kier alpha value is -1.36. The van der Waals surface area contributed by atoms with Crippen molar-refractivity contribution < 1.29 is 4.74 Å². The molecule has 5 heteroatoms. The summed E-state index contributed by atoms with van der Waals surface area (Å²) in [5.74, 6) is 2.04. The molecule has 0 bridgehead atoms. The Morgan fingerprint density at radius 1 is 1.48 bits per heavy atom. The Balaban J connectivity index is 2.06. The van der Waals surface area contributed by atoms with Crippen molar-refractivity contribution in [3.8, 4) is 5.88 Å². The van der Waals surface area contributed by atoms with Gasteiger partial charge in [-0.3, -0.25) is 0 Å². The smallest absolute Gasteiger partial charge is 0.228 e. The van der Waals surface area contributed by atoms with Crippen molar-refractivity contribution in [1.29, 1.82) is 0 Å². The first-order valence-electron chi connectivity index (χ1n) is 8.13. The molecule has 1 aliphatic rings. The molecule has 0 aliphatic carbocycles. The van der Waals surface area contributed by atoms with Gasteiger partial charge in [-0.25, -0.2) is 4.98 Å². The van der Waals surface area contributed by atoms with Gasteiger partial charge in [0.25, 0.3) is 0 Å². The maximum absolute atomic E-state index is 5.63. The second-order valence-electron chi connectivity index (χ2n) is 6.14. The first-order chi connectivity index (χ1) is 10.2. The summed E-state index contributed by atoms with van der Waals surface area (Å²) < 4.78 is 5.63. The quantitative estimate of drug-likeness (QED) is 0.797. The molecule has 1 aliphatic heterocycles. The van der Waals surface area contributed by atoms with Crippen LogP contribution in [0.4, 0.5) is 5.95 Å². The highest BCUT2D eigenvalue weighted by atomic mass is 16.5. The third kappa shape index (κ3) is 5.16. The van der Waals surface area contributed by atoms with Gasteiger partial charge in [-0.2, -0.15) is 4.98 Å². The number of hydrogen-bond acceptors (Lipinski definition) is 5. The van der Waals surface area contributed by atoms with Gasteiger partial charge in [-0.1, -0.05) is 20.8 Å². The van der Waals surface area contributed by atoms with Crippen LogP contribution in [0.2, 0.25) is 0 Å². The minimum atomic E-state index is 0.549. The van der Waals surface area contributed by atoms with Crippen molar-refractivity contribution in [3.05, 3.63) is 12.3 Å². The fraction of sp³-hybridized carbons (Fsp3) is 0.750. The van der Waals surface area contributed by atoms with Crippen LogP contribution in [0.3, 0.4) is 0 Å². The highest BCUT2D eigenvalue weighted by Gasteiger charge is 2.20. The van der Waals surface area contributed by atoms with E-state index in [1.54, 1.807) is 6.20 Å². The second-order valence-corrected chi connectivity index (χ2v) is 6.14. The number of nitrogens with zero attached hydrogens (tertiary/aromatic N) is 3. The van der Waals surface area contributed by atoms with E-state index in [1.165, 1.54) is 12.8 Å². The maximum atomic E-state index is 5.63. The van der Waals surface area contributed by atoms with Gasteiger partial charge in [-0.15, -0.1) is 0 Å². The standard InChI is InChI=1S/C16H28N4O/c1-4-10-21-15-7-9-18-16(19-15)20(11-13(2)3)12-14-6-5-8-17-14/h7,9,13-14,17H,4-6,8,10-12H2,1-3H3. The zero-order chi connectivity index (χ0) is 15.1. The van der Waals surface area contributed by atoms with Crippen molar-refractivity contribution in [1.82, 2.24) is 15.3 Å². The number of anilines is 1. The maximum Gasteiger partial charge on any atom is 0.228 e. The van der Waals surface area contributed by atoms with E-state index >= 15 is 0 Å². The largest absolute Gasteiger partial charge is 0.478 e. The van der Waals surface area contributed by atoms with E-state index in [2.05, 4.69) is 41.0 Å². The van der Waals surface area contributed by atoms with E-state index in [0.29, 0.717) is 24.4 Å². The molecule has 2 rings (SSSR count). The summed E-state index contributed by atoms with van der Waals surface area (Å²) in [4.78, 5) is 11.3. The third-order valence-electron chi connectivity index (χ3n) is 3.54. The summed E-state index contributed by atoms with van der Waals surface area (Å²) in [5.41, 5.74) is 0. The van der Waals surface area contributed by atoms with Crippen LogP contribution in [0, 0.1) is 5.92 Å². The molecule has 0 radical (unpaired) electrons. The molecular formula is C16H28N4O. The molecule has 5 nitrogen and oxygen atoms in total. The Morgan fingerprint density at radius 3 is 3.00 bits per heavy atom. The van der Waals surface area contributed by atoms with Gasteiger partial charge in [0.15, 0.2) is 0 Å². The Labute approximate surface area is 128 Å². The molecule has 0 saturated carbocycles. The lowest BCUT2D eigenvalue weighted by molar-refractivity contribution is 0.304. The molecule has 1 saturated heterocycles. The minimum Gasteiger partial charge on any atom is -0.478 e. The summed E-state index contributed by atoms with van der Waals surface area (Å²) in [6.07, 6.45) is 5.28. The molecule has 118 valence electrons. The van der Waals surface area contributed by atoms with E-state index in [1.807, 2.05) is 6.07 Å². The van der Waals surface area contributed by atoms with Crippen LogP contribution in [0.25, 0.3) is 0 Å². The zero-order valence-corrected chi connectivity index (χ0v) is 13.5. The van der Waals surface area contributed by atoms with E-state index in [0.717, 1.165) is 32.0 Å². The number of hydrogen-bond donors (Lipinski definition) is 1. The fourth-order valence-electron chi connectivity index (χ4n) is 2.63. The van der Waals surface area contributed by atoms with E-state index in [9.17, 15) is 0 Å². The SMILES string of the molecule is CCCOc1ccnc(N(CC(C)C)CC2CCCN2)n1. The topological polar surface area (TPSA) is 50.3 Å².